The third kappa shape index (κ3) is 5.85. The Labute approximate surface area is 308 Å². The highest BCUT2D eigenvalue weighted by Crippen LogP contribution is 2.41. The molecule has 0 bridgehead atoms. The molecule has 0 radical (unpaired) electrons. The van der Waals surface area contributed by atoms with Crippen molar-refractivity contribution in [3.63, 3.8) is 0 Å². The number of benzene rings is 8. The predicted molar refractivity (Wildman–Crippen MR) is 219 cm³/mol. The molecule has 53 heavy (non-hydrogen) atoms. The van der Waals surface area contributed by atoms with Gasteiger partial charge in [0.1, 0.15) is 29.3 Å². The van der Waals surface area contributed by atoms with Crippen LogP contribution in [0.15, 0.2) is 197 Å². The van der Waals surface area contributed by atoms with Gasteiger partial charge in [-0.2, -0.15) is 0 Å². The van der Waals surface area contributed by atoms with Gasteiger partial charge in [-0.1, -0.05) is 158 Å². The summed E-state index contributed by atoms with van der Waals surface area (Å²) in [4.78, 5) is 5.20. The van der Waals surface area contributed by atoms with Crippen LogP contribution < -0.4 is 10.6 Å². The molecule has 1 aliphatic rings. The van der Waals surface area contributed by atoms with E-state index in [1.807, 2.05) is 12.1 Å². The van der Waals surface area contributed by atoms with Crippen LogP contribution in [-0.2, 0) is 0 Å². The molecule has 0 saturated heterocycles. The van der Waals surface area contributed by atoms with Crippen molar-refractivity contribution in [2.45, 2.75) is 12.3 Å². The fourth-order valence-electron chi connectivity index (χ4n) is 7.63. The number of furan rings is 1. The van der Waals surface area contributed by atoms with Gasteiger partial charge < -0.3 is 9.73 Å². The number of aliphatic imine (C=N–C) groups is 1. The van der Waals surface area contributed by atoms with E-state index < -0.39 is 0 Å². The van der Waals surface area contributed by atoms with Gasteiger partial charge >= 0.3 is 0 Å². The van der Waals surface area contributed by atoms with Gasteiger partial charge in [0.25, 0.3) is 0 Å². The highest BCUT2D eigenvalue weighted by Gasteiger charge is 2.26. The van der Waals surface area contributed by atoms with Crippen LogP contribution >= 0.6 is 0 Å². The van der Waals surface area contributed by atoms with E-state index in [1.54, 1.807) is 0 Å². The standard InChI is InChI=1S/C49H35N3O/c1-4-13-32(14-5-1)37-21-12-22-40(27-37)49-51-47(35-17-8-3-9-18-35)50-48(52-49)36-25-23-34(24-26-36)42-29-41(33-15-6-2-7-16-33)31-45-46(42)43-28-38-19-10-11-20-39(38)30-44(43)53-45/h1-31,47-48,50H,(H,51,52). The van der Waals surface area contributed by atoms with Crippen LogP contribution in [0.2, 0.25) is 0 Å². The number of rotatable bonds is 6. The summed E-state index contributed by atoms with van der Waals surface area (Å²) in [5.41, 5.74) is 12.0. The predicted octanol–water partition coefficient (Wildman–Crippen LogP) is 12.1. The summed E-state index contributed by atoms with van der Waals surface area (Å²) < 4.78 is 6.61. The molecule has 1 aliphatic heterocycles. The van der Waals surface area contributed by atoms with Crippen LogP contribution in [0.25, 0.3) is 66.1 Å². The van der Waals surface area contributed by atoms with Gasteiger partial charge in [0, 0.05) is 16.3 Å². The Morgan fingerprint density at radius 3 is 1.79 bits per heavy atom. The van der Waals surface area contributed by atoms with Crippen LogP contribution in [0.4, 0.5) is 0 Å². The van der Waals surface area contributed by atoms with Crippen molar-refractivity contribution in [1.29, 1.82) is 0 Å². The molecule has 10 rings (SSSR count). The van der Waals surface area contributed by atoms with E-state index in [9.17, 15) is 0 Å². The number of hydrogen-bond acceptors (Lipinski definition) is 4. The van der Waals surface area contributed by atoms with Crippen molar-refractivity contribution < 1.29 is 4.42 Å². The number of nitrogens with one attached hydrogen (secondary N) is 2. The first kappa shape index (κ1) is 31.0. The maximum absolute atomic E-state index is 6.61. The average Bonchev–Trinajstić information content (AvgIpc) is 3.60. The van der Waals surface area contributed by atoms with Gasteiger partial charge in [0.2, 0.25) is 0 Å². The second-order valence-electron chi connectivity index (χ2n) is 13.7. The van der Waals surface area contributed by atoms with Gasteiger partial charge in [-0.05, 0) is 85.6 Å². The SMILES string of the molecule is c1ccc(-c2cccc(C3=NC(c4ccccc4)NC(c4ccc(-c5cc(-c6ccccc6)cc6oc7cc8ccccc8cc7c56)cc4)N3)c2)cc1. The summed E-state index contributed by atoms with van der Waals surface area (Å²) in [5.74, 6) is 0.860. The first-order valence-electron chi connectivity index (χ1n) is 18.1. The Morgan fingerprint density at radius 2 is 1.06 bits per heavy atom. The van der Waals surface area contributed by atoms with E-state index in [1.165, 1.54) is 16.3 Å². The monoisotopic (exact) mass is 681 g/mol. The van der Waals surface area contributed by atoms with Crippen LogP contribution in [0.1, 0.15) is 29.0 Å². The zero-order valence-electron chi connectivity index (χ0n) is 28.9. The topological polar surface area (TPSA) is 49.6 Å². The zero-order chi connectivity index (χ0) is 35.1. The average molecular weight is 682 g/mol. The minimum atomic E-state index is -0.216. The molecule has 4 nitrogen and oxygen atoms in total. The molecular weight excluding hydrogens is 647 g/mol. The van der Waals surface area contributed by atoms with Crippen molar-refractivity contribution in [2.24, 2.45) is 4.99 Å². The van der Waals surface area contributed by atoms with Crippen molar-refractivity contribution in [1.82, 2.24) is 10.6 Å². The molecule has 2 unspecified atom stereocenters. The lowest BCUT2D eigenvalue weighted by Crippen LogP contribution is -2.44. The Hall–Kier alpha value is -6.75. The first-order chi connectivity index (χ1) is 26.2. The molecule has 8 aromatic carbocycles. The number of nitrogens with zero attached hydrogens (tertiary/aromatic N) is 1. The number of hydrogen-bond donors (Lipinski definition) is 2. The van der Waals surface area contributed by atoms with E-state index >= 15 is 0 Å². The highest BCUT2D eigenvalue weighted by molar-refractivity contribution is 6.16. The lowest BCUT2D eigenvalue weighted by molar-refractivity contribution is 0.409. The Morgan fingerprint density at radius 1 is 0.434 bits per heavy atom. The summed E-state index contributed by atoms with van der Waals surface area (Å²) in [6.45, 7) is 0. The number of amidine groups is 1. The van der Waals surface area contributed by atoms with Gasteiger partial charge in [0.05, 0.1) is 0 Å². The molecule has 0 spiro atoms. The van der Waals surface area contributed by atoms with Crippen molar-refractivity contribution in [3.8, 4) is 33.4 Å². The van der Waals surface area contributed by atoms with Crippen LogP contribution in [-0.4, -0.2) is 5.84 Å². The maximum atomic E-state index is 6.61. The Bertz CT molecular complexity index is 2770. The molecule has 0 fully saturated rings. The smallest absolute Gasteiger partial charge is 0.136 e. The van der Waals surface area contributed by atoms with Crippen molar-refractivity contribution >= 4 is 38.5 Å². The quantitative estimate of drug-likeness (QED) is 0.184. The van der Waals surface area contributed by atoms with Gasteiger partial charge in [-0.15, -0.1) is 0 Å². The molecule has 0 saturated carbocycles. The Kier molecular flexibility index (Phi) is 7.67. The van der Waals surface area contributed by atoms with Crippen LogP contribution in [0.5, 0.6) is 0 Å². The second-order valence-corrected chi connectivity index (χ2v) is 13.7. The molecule has 252 valence electrons. The van der Waals surface area contributed by atoms with E-state index in [2.05, 4.69) is 187 Å². The van der Waals surface area contributed by atoms with Gasteiger partial charge in [-0.25, -0.2) is 4.99 Å². The van der Waals surface area contributed by atoms with Crippen LogP contribution in [0, 0.1) is 0 Å². The summed E-state index contributed by atoms with van der Waals surface area (Å²) in [7, 11) is 0. The van der Waals surface area contributed by atoms with Gasteiger partial charge in [-0.3, -0.25) is 5.32 Å². The second kappa shape index (κ2) is 13.1. The molecular formula is C49H35N3O. The first-order valence-corrected chi connectivity index (χ1v) is 18.1. The third-order valence-corrected chi connectivity index (χ3v) is 10.3. The number of fused-ring (bicyclic) bond motifs is 4. The summed E-state index contributed by atoms with van der Waals surface area (Å²) in [6, 6.07) is 66.4. The fourth-order valence-corrected chi connectivity index (χ4v) is 7.63. The molecule has 0 amide bonds. The summed E-state index contributed by atoms with van der Waals surface area (Å²) in [5, 5.41) is 12.1. The van der Waals surface area contributed by atoms with E-state index in [0.29, 0.717) is 0 Å². The van der Waals surface area contributed by atoms with Crippen molar-refractivity contribution in [2.75, 3.05) is 0 Å². The van der Waals surface area contributed by atoms with Crippen LogP contribution in [0.3, 0.4) is 0 Å². The highest BCUT2D eigenvalue weighted by atomic mass is 16.3. The molecule has 4 heteroatoms. The summed E-state index contributed by atoms with van der Waals surface area (Å²) in [6.07, 6.45) is -0.384. The summed E-state index contributed by atoms with van der Waals surface area (Å²) >= 11 is 0. The molecule has 9 aromatic rings. The normalized spacial score (nSPS) is 15.7. The maximum Gasteiger partial charge on any atom is 0.136 e. The van der Waals surface area contributed by atoms with Gasteiger partial charge in [0.15, 0.2) is 0 Å². The fraction of sp³-hybridized carbons (Fsp3) is 0.0408. The molecule has 2 heterocycles. The Balaban J connectivity index is 1.06. The minimum absolute atomic E-state index is 0.168. The zero-order valence-corrected chi connectivity index (χ0v) is 28.9. The lowest BCUT2D eigenvalue weighted by atomic mass is 9.93. The van der Waals surface area contributed by atoms with E-state index in [0.717, 1.165) is 72.3 Å². The van der Waals surface area contributed by atoms with E-state index in [-0.39, 0.29) is 12.3 Å². The molecule has 2 N–H and O–H groups in total. The van der Waals surface area contributed by atoms with Crippen molar-refractivity contribution in [3.05, 3.63) is 205 Å². The third-order valence-electron chi connectivity index (χ3n) is 10.3. The largest absolute Gasteiger partial charge is 0.456 e. The minimum Gasteiger partial charge on any atom is -0.456 e. The molecule has 0 aliphatic carbocycles. The molecule has 2 atom stereocenters. The molecule has 1 aromatic heterocycles. The lowest BCUT2D eigenvalue weighted by Gasteiger charge is -2.32. The van der Waals surface area contributed by atoms with E-state index in [4.69, 9.17) is 9.41 Å².